The van der Waals surface area contributed by atoms with Gasteiger partial charge in [0.25, 0.3) is 0 Å². The third-order valence-electron chi connectivity index (χ3n) is 3.67. The highest BCUT2D eigenvalue weighted by molar-refractivity contribution is 5.33. The van der Waals surface area contributed by atoms with Crippen molar-refractivity contribution in [3.8, 4) is 0 Å². The van der Waals surface area contributed by atoms with E-state index in [2.05, 4.69) is 14.9 Å². The minimum Gasteiger partial charge on any atom is -0.374 e. The number of fused-ring (bicyclic) bond motifs is 1. The summed E-state index contributed by atoms with van der Waals surface area (Å²) in [4.78, 5) is 11.1. The van der Waals surface area contributed by atoms with Crippen LogP contribution in [0.2, 0.25) is 0 Å². The van der Waals surface area contributed by atoms with Gasteiger partial charge in [-0.3, -0.25) is 0 Å². The molecule has 2 unspecified atom stereocenters. The van der Waals surface area contributed by atoms with Crippen LogP contribution < -0.4 is 10.6 Å². The number of ether oxygens (including phenoxy) is 1. The van der Waals surface area contributed by atoms with Crippen LogP contribution in [-0.2, 0) is 11.3 Å². The smallest absolute Gasteiger partial charge is 0.225 e. The second-order valence-corrected chi connectivity index (χ2v) is 4.70. The Morgan fingerprint density at radius 2 is 2.18 bits per heavy atom. The van der Waals surface area contributed by atoms with Crippen molar-refractivity contribution in [2.24, 2.45) is 5.73 Å². The number of nitrogens with two attached hydrogens (primary N) is 1. The first kappa shape index (κ1) is 10.9. The van der Waals surface area contributed by atoms with Gasteiger partial charge in [0.15, 0.2) is 0 Å². The highest BCUT2D eigenvalue weighted by Gasteiger charge is 2.37. The van der Waals surface area contributed by atoms with E-state index in [9.17, 15) is 0 Å². The maximum atomic E-state index is 5.78. The fraction of sp³-hybridized carbons (Fsp3) is 0.667. The zero-order valence-electron chi connectivity index (χ0n) is 9.88. The van der Waals surface area contributed by atoms with Crippen LogP contribution in [0.15, 0.2) is 12.4 Å². The molecule has 2 heterocycles. The topological polar surface area (TPSA) is 64.3 Å². The van der Waals surface area contributed by atoms with E-state index in [4.69, 9.17) is 10.5 Å². The van der Waals surface area contributed by atoms with Gasteiger partial charge in [0.2, 0.25) is 5.95 Å². The summed E-state index contributed by atoms with van der Waals surface area (Å²) in [5.74, 6) is 0.822. The predicted octanol–water partition coefficient (Wildman–Crippen LogP) is 0.693. The van der Waals surface area contributed by atoms with Crippen LogP contribution in [0.25, 0.3) is 0 Å². The van der Waals surface area contributed by atoms with E-state index in [0.717, 1.165) is 24.7 Å². The Kier molecular flexibility index (Phi) is 2.94. The molecule has 0 bridgehead atoms. The van der Waals surface area contributed by atoms with Crippen molar-refractivity contribution in [3.63, 3.8) is 0 Å². The monoisotopic (exact) mass is 234 g/mol. The van der Waals surface area contributed by atoms with Crippen molar-refractivity contribution in [2.45, 2.75) is 38.0 Å². The largest absolute Gasteiger partial charge is 0.374 e. The van der Waals surface area contributed by atoms with Gasteiger partial charge < -0.3 is 15.4 Å². The number of aromatic nitrogens is 2. The summed E-state index contributed by atoms with van der Waals surface area (Å²) in [7, 11) is 0. The molecule has 0 radical (unpaired) electrons. The molecule has 1 saturated carbocycles. The van der Waals surface area contributed by atoms with Gasteiger partial charge in [-0.25, -0.2) is 9.97 Å². The van der Waals surface area contributed by atoms with E-state index in [1.54, 1.807) is 0 Å². The number of nitrogens with zero attached hydrogens (tertiary/aromatic N) is 3. The predicted molar refractivity (Wildman–Crippen MR) is 64.6 cm³/mol. The summed E-state index contributed by atoms with van der Waals surface area (Å²) in [5, 5.41) is 0. The van der Waals surface area contributed by atoms with Crippen LogP contribution in [-0.4, -0.2) is 35.3 Å². The molecule has 5 heteroatoms. The molecule has 0 amide bonds. The summed E-state index contributed by atoms with van der Waals surface area (Å²) in [6.45, 7) is 2.17. The van der Waals surface area contributed by atoms with Crippen molar-refractivity contribution in [1.82, 2.24) is 9.97 Å². The summed E-state index contributed by atoms with van der Waals surface area (Å²) >= 11 is 0. The molecule has 3 rings (SSSR count). The summed E-state index contributed by atoms with van der Waals surface area (Å²) < 4.78 is 5.78. The maximum absolute atomic E-state index is 5.78. The van der Waals surface area contributed by atoms with Gasteiger partial charge in [0.05, 0.1) is 18.8 Å². The Bertz CT molecular complexity index is 381. The van der Waals surface area contributed by atoms with Gasteiger partial charge in [-0.05, 0) is 19.3 Å². The summed E-state index contributed by atoms with van der Waals surface area (Å²) in [6, 6.07) is 0.465. The van der Waals surface area contributed by atoms with Gasteiger partial charge in [-0.2, -0.15) is 0 Å². The summed E-state index contributed by atoms with van der Waals surface area (Å²) in [6.07, 6.45) is 7.62. The average molecular weight is 234 g/mol. The fourth-order valence-electron chi connectivity index (χ4n) is 2.78. The third kappa shape index (κ3) is 2.00. The van der Waals surface area contributed by atoms with Gasteiger partial charge in [-0.1, -0.05) is 0 Å². The third-order valence-corrected chi connectivity index (χ3v) is 3.67. The molecule has 17 heavy (non-hydrogen) atoms. The molecule has 2 atom stereocenters. The molecule has 2 aliphatic rings. The van der Waals surface area contributed by atoms with Crippen LogP contribution >= 0.6 is 0 Å². The van der Waals surface area contributed by atoms with Crippen LogP contribution in [0.1, 0.15) is 24.8 Å². The zero-order valence-corrected chi connectivity index (χ0v) is 9.88. The average Bonchev–Trinajstić information content (AvgIpc) is 2.87. The zero-order chi connectivity index (χ0) is 11.7. The lowest BCUT2D eigenvalue weighted by molar-refractivity contribution is 0.0250. The van der Waals surface area contributed by atoms with Crippen molar-refractivity contribution in [1.29, 1.82) is 0 Å². The van der Waals surface area contributed by atoms with Gasteiger partial charge in [0.1, 0.15) is 0 Å². The number of hydrogen-bond donors (Lipinski definition) is 1. The number of hydrogen-bond acceptors (Lipinski definition) is 5. The molecule has 1 aromatic heterocycles. The standard InChI is InChI=1S/C12H18N4O/c13-6-9-7-14-12(15-8-9)16-4-5-17-11-3-1-2-10(11)16/h7-8,10-11H,1-6,13H2. The lowest BCUT2D eigenvalue weighted by Gasteiger charge is -2.37. The highest BCUT2D eigenvalue weighted by atomic mass is 16.5. The lowest BCUT2D eigenvalue weighted by Crippen LogP contribution is -2.49. The van der Waals surface area contributed by atoms with E-state index in [-0.39, 0.29) is 0 Å². The minimum absolute atomic E-state index is 0.376. The van der Waals surface area contributed by atoms with Crippen LogP contribution in [0, 0.1) is 0 Å². The maximum Gasteiger partial charge on any atom is 0.225 e. The van der Waals surface area contributed by atoms with Crippen LogP contribution in [0.3, 0.4) is 0 Å². The van der Waals surface area contributed by atoms with Gasteiger partial charge in [-0.15, -0.1) is 0 Å². The molecule has 1 saturated heterocycles. The van der Waals surface area contributed by atoms with Crippen molar-refractivity contribution >= 4 is 5.95 Å². The quantitative estimate of drug-likeness (QED) is 0.815. The van der Waals surface area contributed by atoms with Crippen molar-refractivity contribution in [2.75, 3.05) is 18.1 Å². The Morgan fingerprint density at radius 1 is 1.35 bits per heavy atom. The molecule has 1 aromatic rings. The van der Waals surface area contributed by atoms with Crippen LogP contribution in [0.5, 0.6) is 0 Å². The fourth-order valence-corrected chi connectivity index (χ4v) is 2.78. The first-order valence-electron chi connectivity index (χ1n) is 6.28. The second-order valence-electron chi connectivity index (χ2n) is 4.70. The molecule has 2 N–H and O–H groups in total. The molecular formula is C12H18N4O. The number of rotatable bonds is 2. The molecule has 1 aliphatic carbocycles. The Hall–Kier alpha value is -1.20. The Balaban J connectivity index is 1.81. The lowest BCUT2D eigenvalue weighted by atomic mass is 10.1. The molecule has 0 spiro atoms. The van der Waals surface area contributed by atoms with E-state index in [1.807, 2.05) is 12.4 Å². The molecule has 1 aliphatic heterocycles. The van der Waals surface area contributed by atoms with Crippen LogP contribution in [0.4, 0.5) is 5.95 Å². The van der Waals surface area contributed by atoms with Gasteiger partial charge >= 0.3 is 0 Å². The molecule has 2 fully saturated rings. The van der Waals surface area contributed by atoms with Crippen molar-refractivity contribution in [3.05, 3.63) is 18.0 Å². The SMILES string of the molecule is NCc1cnc(N2CCOC3CCCC32)nc1. The molecule has 5 nitrogen and oxygen atoms in total. The number of anilines is 1. The van der Waals surface area contributed by atoms with E-state index in [0.29, 0.717) is 18.7 Å². The molecule has 0 aromatic carbocycles. The first-order valence-corrected chi connectivity index (χ1v) is 6.28. The normalized spacial score (nSPS) is 28.2. The minimum atomic E-state index is 0.376. The molecular weight excluding hydrogens is 216 g/mol. The van der Waals surface area contributed by atoms with E-state index < -0.39 is 0 Å². The highest BCUT2D eigenvalue weighted by Crippen LogP contribution is 2.31. The van der Waals surface area contributed by atoms with E-state index in [1.165, 1.54) is 19.3 Å². The summed E-state index contributed by atoms with van der Waals surface area (Å²) in [5.41, 5.74) is 6.53. The Labute approximate surface area is 101 Å². The second kappa shape index (κ2) is 4.58. The first-order chi connectivity index (χ1) is 8.38. The molecule has 92 valence electrons. The van der Waals surface area contributed by atoms with Gasteiger partial charge in [0, 0.05) is 31.0 Å². The van der Waals surface area contributed by atoms with Crippen molar-refractivity contribution < 1.29 is 4.74 Å². The van der Waals surface area contributed by atoms with E-state index >= 15 is 0 Å². The Morgan fingerprint density at radius 3 is 2.94 bits per heavy atom. The number of morpholine rings is 1.